The number of nitrogens with zero attached hydrogens (tertiary/aromatic N) is 4. The lowest BCUT2D eigenvalue weighted by Crippen LogP contribution is -2.14. The molecule has 8 heteroatoms. The standard InChI is InChI=1S/C12H13N5OS2/c1-8(2)17-7-14-16-12(17)20-6-10(18)15-11-9(5-13)3-4-19-11/h3-4,7-8H,6H2,1-2H3,(H,15,18). The Morgan fingerprint density at radius 2 is 2.45 bits per heavy atom. The van der Waals surface area contributed by atoms with Gasteiger partial charge in [0.25, 0.3) is 0 Å². The highest BCUT2D eigenvalue weighted by Gasteiger charge is 2.12. The maximum atomic E-state index is 11.9. The van der Waals surface area contributed by atoms with Crippen LogP contribution in [0.1, 0.15) is 25.5 Å². The normalized spacial score (nSPS) is 10.5. The molecule has 0 bridgehead atoms. The van der Waals surface area contributed by atoms with Crippen molar-refractivity contribution in [3.8, 4) is 6.07 Å². The Morgan fingerprint density at radius 1 is 1.65 bits per heavy atom. The number of aromatic nitrogens is 3. The van der Waals surface area contributed by atoms with Gasteiger partial charge in [0, 0.05) is 6.04 Å². The van der Waals surface area contributed by atoms with Crippen LogP contribution >= 0.6 is 23.1 Å². The number of nitrogens with one attached hydrogen (secondary N) is 1. The third kappa shape index (κ3) is 3.37. The van der Waals surface area contributed by atoms with Crippen LogP contribution in [0.15, 0.2) is 22.9 Å². The van der Waals surface area contributed by atoms with E-state index in [4.69, 9.17) is 5.26 Å². The molecule has 0 atom stereocenters. The lowest BCUT2D eigenvalue weighted by molar-refractivity contribution is -0.113. The first-order valence-electron chi connectivity index (χ1n) is 5.91. The van der Waals surface area contributed by atoms with E-state index in [1.165, 1.54) is 23.1 Å². The van der Waals surface area contributed by atoms with Crippen LogP contribution in [0.25, 0.3) is 0 Å². The number of hydrogen-bond acceptors (Lipinski definition) is 6. The molecule has 0 spiro atoms. The summed E-state index contributed by atoms with van der Waals surface area (Å²) < 4.78 is 1.91. The van der Waals surface area contributed by atoms with Gasteiger partial charge in [-0.15, -0.1) is 21.5 Å². The average molecular weight is 307 g/mol. The molecule has 20 heavy (non-hydrogen) atoms. The van der Waals surface area contributed by atoms with Crippen molar-refractivity contribution in [2.75, 3.05) is 11.1 Å². The monoisotopic (exact) mass is 307 g/mol. The summed E-state index contributed by atoms with van der Waals surface area (Å²) in [6.07, 6.45) is 1.65. The summed E-state index contributed by atoms with van der Waals surface area (Å²) in [5.41, 5.74) is 0.485. The van der Waals surface area contributed by atoms with E-state index < -0.39 is 0 Å². The van der Waals surface area contributed by atoms with Crippen LogP contribution in [-0.4, -0.2) is 26.4 Å². The largest absolute Gasteiger partial charge is 0.316 e. The molecular formula is C12H13N5OS2. The van der Waals surface area contributed by atoms with Crippen LogP contribution < -0.4 is 5.32 Å². The Hall–Kier alpha value is -1.85. The second-order valence-corrected chi connectivity index (χ2v) is 6.09. The molecule has 6 nitrogen and oxygen atoms in total. The smallest absolute Gasteiger partial charge is 0.235 e. The summed E-state index contributed by atoms with van der Waals surface area (Å²) >= 11 is 2.66. The first kappa shape index (κ1) is 14.6. The highest BCUT2D eigenvalue weighted by atomic mass is 32.2. The summed E-state index contributed by atoms with van der Waals surface area (Å²) in [4.78, 5) is 11.9. The Labute approximate surface area is 124 Å². The quantitative estimate of drug-likeness (QED) is 0.858. The number of thioether (sulfide) groups is 1. The van der Waals surface area contributed by atoms with Crippen LogP contribution in [0.3, 0.4) is 0 Å². The Morgan fingerprint density at radius 3 is 3.15 bits per heavy atom. The molecule has 0 aromatic carbocycles. The van der Waals surface area contributed by atoms with E-state index in [1.54, 1.807) is 17.8 Å². The fourth-order valence-electron chi connectivity index (χ4n) is 1.48. The highest BCUT2D eigenvalue weighted by molar-refractivity contribution is 7.99. The number of carbonyl (C=O) groups is 1. The van der Waals surface area contributed by atoms with Crippen molar-refractivity contribution in [3.63, 3.8) is 0 Å². The van der Waals surface area contributed by atoms with Crippen LogP contribution in [0.4, 0.5) is 5.00 Å². The maximum Gasteiger partial charge on any atom is 0.235 e. The number of hydrogen-bond donors (Lipinski definition) is 1. The molecule has 0 fully saturated rings. The number of rotatable bonds is 5. The van der Waals surface area contributed by atoms with Gasteiger partial charge in [0.15, 0.2) is 5.16 Å². The van der Waals surface area contributed by atoms with Crippen LogP contribution in [0, 0.1) is 11.3 Å². The Balaban J connectivity index is 1.93. The van der Waals surface area contributed by atoms with Crippen molar-refractivity contribution < 1.29 is 4.79 Å². The van der Waals surface area contributed by atoms with Crippen molar-refractivity contribution in [1.29, 1.82) is 5.26 Å². The van der Waals surface area contributed by atoms with E-state index in [0.29, 0.717) is 15.7 Å². The fourth-order valence-corrected chi connectivity index (χ4v) is 3.07. The second-order valence-electron chi connectivity index (χ2n) is 4.23. The second kappa shape index (κ2) is 6.54. The summed E-state index contributed by atoms with van der Waals surface area (Å²) in [7, 11) is 0. The number of amides is 1. The SMILES string of the molecule is CC(C)n1cnnc1SCC(=O)Nc1sccc1C#N. The predicted octanol–water partition coefficient (Wildman–Crippen LogP) is 2.52. The third-order valence-corrected chi connectivity index (χ3v) is 4.25. The molecule has 1 N–H and O–H groups in total. The molecule has 0 radical (unpaired) electrons. The van der Waals surface area contributed by atoms with Gasteiger partial charge in [-0.05, 0) is 25.3 Å². The minimum atomic E-state index is -0.160. The van der Waals surface area contributed by atoms with E-state index >= 15 is 0 Å². The zero-order valence-corrected chi connectivity index (χ0v) is 12.7. The molecule has 2 rings (SSSR count). The van der Waals surface area contributed by atoms with Crippen molar-refractivity contribution in [2.24, 2.45) is 0 Å². The molecule has 0 aliphatic rings. The van der Waals surface area contributed by atoms with E-state index in [-0.39, 0.29) is 17.7 Å². The lowest BCUT2D eigenvalue weighted by Gasteiger charge is -2.09. The Bertz CT molecular complexity index is 640. The average Bonchev–Trinajstić information content (AvgIpc) is 3.04. The predicted molar refractivity (Wildman–Crippen MR) is 78.8 cm³/mol. The van der Waals surface area contributed by atoms with E-state index in [9.17, 15) is 4.79 Å². The highest BCUT2D eigenvalue weighted by Crippen LogP contribution is 2.23. The molecule has 0 aliphatic carbocycles. The fraction of sp³-hybridized carbons (Fsp3) is 0.333. The first-order valence-corrected chi connectivity index (χ1v) is 7.78. The lowest BCUT2D eigenvalue weighted by atomic mass is 10.3. The van der Waals surface area contributed by atoms with E-state index in [2.05, 4.69) is 15.5 Å². The van der Waals surface area contributed by atoms with E-state index in [1.807, 2.05) is 24.5 Å². The molecule has 2 aromatic rings. The van der Waals surface area contributed by atoms with Crippen molar-refractivity contribution in [1.82, 2.24) is 14.8 Å². The van der Waals surface area contributed by atoms with Gasteiger partial charge in [0.2, 0.25) is 5.91 Å². The number of carbonyl (C=O) groups excluding carboxylic acids is 1. The van der Waals surface area contributed by atoms with Crippen LogP contribution in [-0.2, 0) is 4.79 Å². The van der Waals surface area contributed by atoms with Crippen molar-refractivity contribution in [3.05, 3.63) is 23.3 Å². The van der Waals surface area contributed by atoms with Gasteiger partial charge in [-0.2, -0.15) is 5.26 Å². The summed E-state index contributed by atoms with van der Waals surface area (Å²) in [5, 5.41) is 22.5. The van der Waals surface area contributed by atoms with Crippen LogP contribution in [0.5, 0.6) is 0 Å². The molecule has 2 aromatic heterocycles. The van der Waals surface area contributed by atoms with Crippen LogP contribution in [0.2, 0.25) is 0 Å². The number of thiophene rings is 1. The molecule has 2 heterocycles. The zero-order valence-electron chi connectivity index (χ0n) is 11.0. The topological polar surface area (TPSA) is 83.6 Å². The van der Waals surface area contributed by atoms with Gasteiger partial charge in [0.1, 0.15) is 17.4 Å². The van der Waals surface area contributed by atoms with Gasteiger partial charge in [-0.3, -0.25) is 4.79 Å². The van der Waals surface area contributed by atoms with Gasteiger partial charge < -0.3 is 9.88 Å². The van der Waals surface area contributed by atoms with Gasteiger partial charge in [-0.1, -0.05) is 11.8 Å². The first-order chi connectivity index (χ1) is 9.61. The number of nitriles is 1. The molecule has 1 amide bonds. The molecular weight excluding hydrogens is 294 g/mol. The Kier molecular flexibility index (Phi) is 4.76. The summed E-state index contributed by atoms with van der Waals surface area (Å²) in [6, 6.07) is 3.97. The molecule has 0 saturated carbocycles. The molecule has 0 saturated heterocycles. The van der Waals surface area contributed by atoms with Gasteiger partial charge >= 0.3 is 0 Å². The molecule has 104 valence electrons. The van der Waals surface area contributed by atoms with Crippen molar-refractivity contribution >= 4 is 34.0 Å². The minimum absolute atomic E-state index is 0.160. The zero-order chi connectivity index (χ0) is 14.5. The van der Waals surface area contributed by atoms with E-state index in [0.717, 1.165) is 0 Å². The van der Waals surface area contributed by atoms with Crippen molar-refractivity contribution in [2.45, 2.75) is 25.0 Å². The summed E-state index contributed by atoms with van der Waals surface area (Å²) in [6.45, 7) is 4.05. The summed E-state index contributed by atoms with van der Waals surface area (Å²) in [5.74, 6) is 0.0704. The molecule has 0 aliphatic heterocycles. The van der Waals surface area contributed by atoms with Gasteiger partial charge in [-0.25, -0.2) is 0 Å². The maximum absolute atomic E-state index is 11.9. The molecule has 0 unspecified atom stereocenters. The number of anilines is 1. The minimum Gasteiger partial charge on any atom is -0.316 e. The third-order valence-electron chi connectivity index (χ3n) is 2.47. The van der Waals surface area contributed by atoms with Gasteiger partial charge in [0.05, 0.1) is 11.3 Å².